The summed E-state index contributed by atoms with van der Waals surface area (Å²) in [7, 11) is 0. The van der Waals surface area contributed by atoms with Crippen LogP contribution in [0.1, 0.15) is 30.7 Å². The molecule has 0 amide bonds. The van der Waals surface area contributed by atoms with Gasteiger partial charge in [-0.2, -0.15) is 13.2 Å². The van der Waals surface area contributed by atoms with E-state index < -0.39 is 11.9 Å². The topological polar surface area (TPSA) is 58.6 Å². The molecule has 0 fully saturated rings. The zero-order valence-corrected chi connectivity index (χ0v) is 12.1. The summed E-state index contributed by atoms with van der Waals surface area (Å²) in [5.74, 6) is 0.206. The van der Waals surface area contributed by atoms with Crippen LogP contribution < -0.4 is 0 Å². The number of hydrogen-bond acceptors (Lipinski definition) is 3. The van der Waals surface area contributed by atoms with Gasteiger partial charge in [-0.3, -0.25) is 4.98 Å². The Labute approximate surface area is 130 Å². The number of aromatic amines is 1. The number of aromatic nitrogens is 3. The number of H-pyrrole nitrogens is 1. The Balaban J connectivity index is 1.79. The van der Waals surface area contributed by atoms with Crippen LogP contribution in [0.25, 0.3) is 17.0 Å². The molecule has 0 aromatic carbocycles. The van der Waals surface area contributed by atoms with Gasteiger partial charge < -0.3 is 9.78 Å². The van der Waals surface area contributed by atoms with Gasteiger partial charge in [0.1, 0.15) is 17.8 Å². The van der Waals surface area contributed by atoms with E-state index in [2.05, 4.69) is 15.0 Å². The fourth-order valence-corrected chi connectivity index (χ4v) is 2.55. The van der Waals surface area contributed by atoms with Crippen molar-refractivity contribution >= 4 is 11.9 Å². The number of carbonyl (C=O) groups excluding carboxylic acids is 1. The molecule has 0 bridgehead atoms. The Bertz CT molecular complexity index is 732. The molecule has 120 valence electrons. The molecular formula is C16H14F3N3O. The molecule has 7 heteroatoms. The van der Waals surface area contributed by atoms with Gasteiger partial charge in [0, 0.05) is 17.7 Å². The number of carbonyl (C=O) groups is 1. The number of allylic oxidation sites excluding steroid dienone is 2. The average molecular weight is 321 g/mol. The van der Waals surface area contributed by atoms with Crippen molar-refractivity contribution in [2.75, 3.05) is 0 Å². The molecule has 2 aromatic rings. The molecular weight excluding hydrogens is 307 g/mol. The molecule has 0 radical (unpaired) electrons. The van der Waals surface area contributed by atoms with Crippen molar-refractivity contribution in [3.8, 4) is 11.4 Å². The van der Waals surface area contributed by atoms with Crippen LogP contribution in [0.15, 0.2) is 30.6 Å². The van der Waals surface area contributed by atoms with Crippen molar-refractivity contribution in [3.63, 3.8) is 0 Å². The van der Waals surface area contributed by atoms with Crippen LogP contribution in [0.5, 0.6) is 0 Å². The maximum absolute atomic E-state index is 12.6. The first kappa shape index (κ1) is 15.5. The Hall–Kier alpha value is -2.44. The van der Waals surface area contributed by atoms with E-state index in [1.165, 1.54) is 6.20 Å². The highest BCUT2D eigenvalue weighted by atomic mass is 19.4. The van der Waals surface area contributed by atoms with E-state index in [1.54, 1.807) is 12.1 Å². The quantitative estimate of drug-likeness (QED) is 0.873. The molecule has 0 saturated heterocycles. The van der Waals surface area contributed by atoms with E-state index in [-0.39, 0.29) is 11.7 Å². The Morgan fingerprint density at radius 1 is 1.22 bits per heavy atom. The van der Waals surface area contributed by atoms with Gasteiger partial charge in [-0.05, 0) is 37.0 Å². The standard InChI is InChI=1S/C16H14F3N3O/c17-16(18,19)14-8-21-15(22-14)12-5-6-13(20-7-12)11-3-1-10(9-23)2-4-11/h3,5-10H,1-2,4H2,(H,21,22). The zero-order valence-electron chi connectivity index (χ0n) is 12.1. The Morgan fingerprint density at radius 3 is 2.57 bits per heavy atom. The van der Waals surface area contributed by atoms with Crippen LogP contribution in [0.3, 0.4) is 0 Å². The smallest absolute Gasteiger partial charge is 0.334 e. The molecule has 0 saturated carbocycles. The fourth-order valence-electron chi connectivity index (χ4n) is 2.55. The van der Waals surface area contributed by atoms with E-state index >= 15 is 0 Å². The molecule has 23 heavy (non-hydrogen) atoms. The van der Waals surface area contributed by atoms with E-state index in [0.717, 1.165) is 36.6 Å². The van der Waals surface area contributed by atoms with Crippen LogP contribution in [0.2, 0.25) is 0 Å². The van der Waals surface area contributed by atoms with Gasteiger partial charge in [0.2, 0.25) is 0 Å². The lowest BCUT2D eigenvalue weighted by molar-refractivity contribution is -0.140. The minimum absolute atomic E-state index is 0.0712. The van der Waals surface area contributed by atoms with Crippen LogP contribution in [-0.2, 0) is 11.0 Å². The zero-order chi connectivity index (χ0) is 16.4. The lowest BCUT2D eigenvalue weighted by atomic mass is 9.89. The first-order valence-electron chi connectivity index (χ1n) is 7.20. The molecule has 2 heterocycles. The van der Waals surface area contributed by atoms with Crippen LogP contribution in [0.4, 0.5) is 13.2 Å². The maximum Gasteiger partial charge on any atom is 0.432 e. The minimum atomic E-state index is -4.44. The number of nitrogens with one attached hydrogen (secondary N) is 1. The summed E-state index contributed by atoms with van der Waals surface area (Å²) in [6, 6.07) is 3.45. The van der Waals surface area contributed by atoms with Crippen molar-refractivity contribution in [2.24, 2.45) is 5.92 Å². The molecule has 1 aliphatic rings. The summed E-state index contributed by atoms with van der Waals surface area (Å²) < 4.78 is 37.7. The number of imidazole rings is 1. The second kappa shape index (κ2) is 5.98. The van der Waals surface area contributed by atoms with E-state index in [9.17, 15) is 18.0 Å². The number of nitrogens with zero attached hydrogens (tertiary/aromatic N) is 2. The second-order valence-electron chi connectivity index (χ2n) is 5.48. The molecule has 1 atom stereocenters. The second-order valence-corrected chi connectivity index (χ2v) is 5.48. The van der Waals surface area contributed by atoms with Crippen LogP contribution in [-0.4, -0.2) is 21.2 Å². The largest absolute Gasteiger partial charge is 0.432 e. The highest BCUT2D eigenvalue weighted by Gasteiger charge is 2.33. The van der Waals surface area contributed by atoms with Gasteiger partial charge in [-0.25, -0.2) is 4.98 Å². The van der Waals surface area contributed by atoms with Crippen LogP contribution >= 0.6 is 0 Å². The lowest BCUT2D eigenvalue weighted by Crippen LogP contribution is -2.07. The Morgan fingerprint density at radius 2 is 2.04 bits per heavy atom. The number of pyridine rings is 1. The van der Waals surface area contributed by atoms with Crippen molar-refractivity contribution in [1.29, 1.82) is 0 Å². The first-order valence-corrected chi connectivity index (χ1v) is 7.20. The molecule has 1 unspecified atom stereocenters. The molecule has 4 nitrogen and oxygen atoms in total. The summed E-state index contributed by atoms with van der Waals surface area (Å²) in [4.78, 5) is 21.0. The molecule has 1 aliphatic carbocycles. The lowest BCUT2D eigenvalue weighted by Gasteiger charge is -2.16. The fraction of sp³-hybridized carbons (Fsp3) is 0.312. The summed E-state index contributed by atoms with van der Waals surface area (Å²) >= 11 is 0. The van der Waals surface area contributed by atoms with Gasteiger partial charge in [0.25, 0.3) is 0 Å². The molecule has 0 spiro atoms. The SMILES string of the molecule is O=CC1CC=C(c2ccc(-c3ncc(C(F)(F)F)[nH]3)cn2)CC1. The predicted octanol–water partition coefficient (Wildman–Crippen LogP) is 3.87. The van der Waals surface area contributed by atoms with E-state index in [0.29, 0.717) is 12.0 Å². The number of hydrogen-bond donors (Lipinski definition) is 1. The summed E-state index contributed by atoms with van der Waals surface area (Å²) in [6.45, 7) is 0. The summed E-state index contributed by atoms with van der Waals surface area (Å²) in [6.07, 6.45) is 3.07. The number of rotatable bonds is 3. The van der Waals surface area contributed by atoms with Crippen LogP contribution in [0, 0.1) is 5.92 Å². The highest BCUT2D eigenvalue weighted by Crippen LogP contribution is 2.31. The number of halogens is 3. The monoisotopic (exact) mass is 321 g/mol. The van der Waals surface area contributed by atoms with Gasteiger partial charge in [0.05, 0.1) is 11.9 Å². The van der Waals surface area contributed by atoms with E-state index in [4.69, 9.17) is 0 Å². The highest BCUT2D eigenvalue weighted by molar-refractivity contribution is 5.67. The summed E-state index contributed by atoms with van der Waals surface area (Å²) in [5.41, 5.74) is 1.45. The summed E-state index contributed by atoms with van der Waals surface area (Å²) in [5, 5.41) is 0. The first-order chi connectivity index (χ1) is 11.0. The van der Waals surface area contributed by atoms with Gasteiger partial charge in [-0.1, -0.05) is 6.08 Å². The van der Waals surface area contributed by atoms with Crippen molar-refractivity contribution in [3.05, 3.63) is 42.0 Å². The number of aldehydes is 1. The molecule has 3 rings (SSSR count). The minimum Gasteiger partial charge on any atom is -0.334 e. The molecule has 2 aromatic heterocycles. The van der Waals surface area contributed by atoms with Crippen molar-refractivity contribution in [1.82, 2.24) is 15.0 Å². The van der Waals surface area contributed by atoms with Crippen molar-refractivity contribution in [2.45, 2.75) is 25.4 Å². The van der Waals surface area contributed by atoms with Gasteiger partial charge in [0.15, 0.2) is 0 Å². The third kappa shape index (κ3) is 3.33. The average Bonchev–Trinajstić information content (AvgIpc) is 3.05. The maximum atomic E-state index is 12.6. The predicted molar refractivity (Wildman–Crippen MR) is 78.2 cm³/mol. The third-order valence-electron chi connectivity index (χ3n) is 3.89. The van der Waals surface area contributed by atoms with Gasteiger partial charge in [-0.15, -0.1) is 0 Å². The molecule has 0 aliphatic heterocycles. The van der Waals surface area contributed by atoms with E-state index in [1.807, 2.05) is 6.08 Å². The number of alkyl halides is 3. The Kier molecular flexibility index (Phi) is 4.02. The molecule has 1 N–H and O–H groups in total. The van der Waals surface area contributed by atoms with Crippen molar-refractivity contribution < 1.29 is 18.0 Å². The normalized spacial score (nSPS) is 18.6. The van der Waals surface area contributed by atoms with Gasteiger partial charge >= 0.3 is 6.18 Å². The third-order valence-corrected chi connectivity index (χ3v) is 3.89.